The van der Waals surface area contributed by atoms with Gasteiger partial charge >= 0.3 is 0 Å². The molecule has 7 heteroatoms. The van der Waals surface area contributed by atoms with Crippen LogP contribution in [0.4, 0.5) is 0 Å². The number of ether oxygens (including phenoxy) is 1. The summed E-state index contributed by atoms with van der Waals surface area (Å²) in [5.41, 5.74) is 2.21. The lowest BCUT2D eigenvalue weighted by Crippen LogP contribution is -2.33. The van der Waals surface area contributed by atoms with Crippen LogP contribution in [-0.4, -0.2) is 34.5 Å². The van der Waals surface area contributed by atoms with Gasteiger partial charge in [-0.25, -0.2) is 4.98 Å². The maximum atomic E-state index is 12.8. The number of carbonyl (C=O) groups excluding carboxylic acids is 2. The summed E-state index contributed by atoms with van der Waals surface area (Å²) >= 11 is 0. The van der Waals surface area contributed by atoms with Crippen molar-refractivity contribution in [1.82, 2.24) is 20.2 Å². The van der Waals surface area contributed by atoms with Crippen molar-refractivity contribution >= 4 is 11.8 Å². The molecule has 2 N–H and O–H groups in total. The molecule has 0 spiro atoms. The summed E-state index contributed by atoms with van der Waals surface area (Å²) in [6.45, 7) is 5.08. The maximum absolute atomic E-state index is 12.8. The molecule has 0 radical (unpaired) electrons. The van der Waals surface area contributed by atoms with Crippen molar-refractivity contribution in [2.45, 2.75) is 58.7 Å². The molecule has 1 aromatic heterocycles. The van der Waals surface area contributed by atoms with Gasteiger partial charge in [-0.05, 0) is 50.3 Å². The number of aromatic nitrogens is 2. The van der Waals surface area contributed by atoms with Gasteiger partial charge in [0.15, 0.2) is 5.82 Å². The maximum Gasteiger partial charge on any atom is 0.287 e. The number of hydrogen-bond donors (Lipinski definition) is 2. The van der Waals surface area contributed by atoms with Gasteiger partial charge in [-0.1, -0.05) is 19.1 Å². The first kappa shape index (κ1) is 19.9. The van der Waals surface area contributed by atoms with Gasteiger partial charge < -0.3 is 19.9 Å². The second-order valence-electron chi connectivity index (χ2n) is 7.15. The van der Waals surface area contributed by atoms with Crippen molar-refractivity contribution in [1.29, 1.82) is 0 Å². The minimum Gasteiger partial charge on any atom is -0.497 e. The number of imidazole rings is 1. The Balaban J connectivity index is 1.76. The van der Waals surface area contributed by atoms with E-state index in [0.29, 0.717) is 24.6 Å². The van der Waals surface area contributed by atoms with E-state index in [1.807, 2.05) is 42.7 Å². The Morgan fingerprint density at radius 3 is 2.64 bits per heavy atom. The number of nitrogens with one attached hydrogen (secondary N) is 2. The molecule has 0 fully saturated rings. The van der Waals surface area contributed by atoms with E-state index >= 15 is 0 Å². The van der Waals surface area contributed by atoms with Gasteiger partial charge in [-0.2, -0.15) is 0 Å². The first-order valence-corrected chi connectivity index (χ1v) is 9.84. The Hall–Kier alpha value is -2.83. The van der Waals surface area contributed by atoms with E-state index < -0.39 is 0 Å². The topological polar surface area (TPSA) is 85.2 Å². The normalized spacial score (nSPS) is 14.1. The molecule has 1 aliphatic rings. The number of nitrogens with zero attached hydrogens (tertiary/aromatic N) is 2. The van der Waals surface area contributed by atoms with Crippen molar-refractivity contribution in [3.63, 3.8) is 0 Å². The molecule has 7 nitrogen and oxygen atoms in total. The molecule has 3 rings (SSSR count). The molecule has 1 aliphatic heterocycles. The molecule has 150 valence electrons. The summed E-state index contributed by atoms with van der Waals surface area (Å²) in [5.74, 6) is 0.627. The Morgan fingerprint density at radius 1 is 1.21 bits per heavy atom. The van der Waals surface area contributed by atoms with E-state index in [4.69, 9.17) is 4.74 Å². The van der Waals surface area contributed by atoms with E-state index in [9.17, 15) is 9.59 Å². The SMILES string of the molecule is CCC(C)NC(=O)c1nc(C(=O)NCc2ccc(OC)cc2)n2c1CCCC2. The van der Waals surface area contributed by atoms with Gasteiger partial charge in [0, 0.05) is 19.1 Å². The van der Waals surface area contributed by atoms with Crippen LogP contribution >= 0.6 is 0 Å². The third-order valence-electron chi connectivity index (χ3n) is 5.14. The third kappa shape index (κ3) is 4.35. The zero-order valence-electron chi connectivity index (χ0n) is 16.7. The molecule has 0 bridgehead atoms. The van der Waals surface area contributed by atoms with Crippen LogP contribution < -0.4 is 15.4 Å². The van der Waals surface area contributed by atoms with Gasteiger partial charge in [0.25, 0.3) is 11.8 Å². The van der Waals surface area contributed by atoms with E-state index in [1.54, 1.807) is 7.11 Å². The molecule has 28 heavy (non-hydrogen) atoms. The second kappa shape index (κ2) is 8.91. The van der Waals surface area contributed by atoms with Crippen LogP contribution in [0.25, 0.3) is 0 Å². The standard InChI is InChI=1S/C21H28N4O3/c1-4-14(2)23-20(26)18-17-7-5-6-12-25(17)19(24-18)21(27)22-13-15-8-10-16(28-3)11-9-15/h8-11,14H,4-7,12-13H2,1-3H3,(H,22,27)(H,23,26). The van der Waals surface area contributed by atoms with Gasteiger partial charge in [0.1, 0.15) is 11.4 Å². The van der Waals surface area contributed by atoms with Crippen LogP contribution in [0.2, 0.25) is 0 Å². The molecular formula is C21H28N4O3. The number of methoxy groups -OCH3 is 1. The van der Waals surface area contributed by atoms with Crippen LogP contribution in [0.5, 0.6) is 5.75 Å². The monoisotopic (exact) mass is 384 g/mol. The van der Waals surface area contributed by atoms with E-state index in [1.165, 1.54) is 0 Å². The number of rotatable bonds is 7. The lowest BCUT2D eigenvalue weighted by Gasteiger charge is -2.17. The molecular weight excluding hydrogens is 356 g/mol. The Bertz CT molecular complexity index is 842. The van der Waals surface area contributed by atoms with E-state index in [2.05, 4.69) is 15.6 Å². The predicted octanol–water partition coefficient (Wildman–Crippen LogP) is 2.69. The summed E-state index contributed by atoms with van der Waals surface area (Å²) in [6, 6.07) is 7.60. The van der Waals surface area contributed by atoms with Crippen molar-refractivity contribution in [2.75, 3.05) is 7.11 Å². The van der Waals surface area contributed by atoms with Gasteiger partial charge in [0.2, 0.25) is 0 Å². The highest BCUT2D eigenvalue weighted by Gasteiger charge is 2.27. The largest absolute Gasteiger partial charge is 0.497 e. The highest BCUT2D eigenvalue weighted by molar-refractivity contribution is 5.97. The van der Waals surface area contributed by atoms with Crippen LogP contribution in [0, 0.1) is 0 Å². The molecule has 0 saturated heterocycles. The van der Waals surface area contributed by atoms with E-state index in [-0.39, 0.29) is 17.9 Å². The van der Waals surface area contributed by atoms with Crippen molar-refractivity contribution < 1.29 is 14.3 Å². The van der Waals surface area contributed by atoms with Crippen molar-refractivity contribution in [3.05, 3.63) is 47.0 Å². The fraction of sp³-hybridized carbons (Fsp3) is 0.476. The van der Waals surface area contributed by atoms with Crippen LogP contribution in [0.1, 0.15) is 65.5 Å². The Labute approximate surface area is 165 Å². The zero-order valence-corrected chi connectivity index (χ0v) is 16.7. The molecule has 1 aromatic carbocycles. The Morgan fingerprint density at radius 2 is 1.96 bits per heavy atom. The fourth-order valence-corrected chi connectivity index (χ4v) is 3.30. The highest BCUT2D eigenvalue weighted by atomic mass is 16.5. The first-order valence-electron chi connectivity index (χ1n) is 9.84. The minimum atomic E-state index is -0.262. The average molecular weight is 384 g/mol. The second-order valence-corrected chi connectivity index (χ2v) is 7.15. The molecule has 0 aliphatic carbocycles. The van der Waals surface area contributed by atoms with Crippen molar-refractivity contribution in [3.8, 4) is 5.75 Å². The fourth-order valence-electron chi connectivity index (χ4n) is 3.30. The molecule has 0 saturated carbocycles. The average Bonchev–Trinajstić information content (AvgIpc) is 3.12. The van der Waals surface area contributed by atoms with Crippen LogP contribution in [0.15, 0.2) is 24.3 Å². The lowest BCUT2D eigenvalue weighted by molar-refractivity contribution is 0.0932. The number of benzene rings is 1. The minimum absolute atomic E-state index is 0.0702. The molecule has 2 amide bonds. The third-order valence-corrected chi connectivity index (χ3v) is 5.14. The summed E-state index contributed by atoms with van der Waals surface area (Å²) in [6.07, 6.45) is 3.59. The number of amides is 2. The van der Waals surface area contributed by atoms with Crippen molar-refractivity contribution in [2.24, 2.45) is 0 Å². The highest BCUT2D eigenvalue weighted by Crippen LogP contribution is 2.21. The quantitative estimate of drug-likeness (QED) is 0.769. The smallest absolute Gasteiger partial charge is 0.287 e. The van der Waals surface area contributed by atoms with Gasteiger partial charge in [0.05, 0.1) is 12.8 Å². The van der Waals surface area contributed by atoms with Gasteiger partial charge in [-0.15, -0.1) is 0 Å². The van der Waals surface area contributed by atoms with Crippen LogP contribution in [0.3, 0.4) is 0 Å². The molecule has 1 atom stereocenters. The number of hydrogen-bond acceptors (Lipinski definition) is 4. The van der Waals surface area contributed by atoms with Gasteiger partial charge in [-0.3, -0.25) is 9.59 Å². The molecule has 2 heterocycles. The lowest BCUT2D eigenvalue weighted by atomic mass is 10.1. The Kier molecular flexibility index (Phi) is 6.34. The van der Waals surface area contributed by atoms with E-state index in [0.717, 1.165) is 42.7 Å². The predicted molar refractivity (Wildman–Crippen MR) is 107 cm³/mol. The zero-order chi connectivity index (χ0) is 20.1. The number of fused-ring (bicyclic) bond motifs is 1. The molecule has 2 aromatic rings. The summed E-state index contributed by atoms with van der Waals surface area (Å²) in [4.78, 5) is 29.8. The molecule has 1 unspecified atom stereocenters. The summed E-state index contributed by atoms with van der Waals surface area (Å²) in [7, 11) is 1.62. The first-order chi connectivity index (χ1) is 13.5. The van der Waals surface area contributed by atoms with Crippen LogP contribution in [-0.2, 0) is 19.5 Å². The summed E-state index contributed by atoms with van der Waals surface area (Å²) in [5, 5.41) is 5.87. The number of carbonyl (C=O) groups is 2. The summed E-state index contributed by atoms with van der Waals surface area (Å²) < 4.78 is 7.05.